The number of carbonyl (C=O) groups excluding carboxylic acids is 1. The highest BCUT2D eigenvalue weighted by Crippen LogP contribution is 2.42. The molecule has 7 nitrogen and oxygen atoms in total. The molecular weight excluding hydrogens is 443 g/mol. The molecular formula is C20H20ClN4O3PS. The highest BCUT2D eigenvalue weighted by atomic mass is 35.5. The van der Waals surface area contributed by atoms with E-state index in [0.717, 1.165) is 16.0 Å². The predicted molar refractivity (Wildman–Crippen MR) is 123 cm³/mol. The molecule has 30 heavy (non-hydrogen) atoms. The molecule has 10 heteroatoms. The molecule has 0 aliphatic carbocycles. The third-order valence-corrected chi connectivity index (χ3v) is 7.04. The normalized spacial score (nSPS) is 10.9. The first-order chi connectivity index (χ1) is 14.5. The van der Waals surface area contributed by atoms with Crippen LogP contribution >= 0.6 is 31.7 Å². The van der Waals surface area contributed by atoms with E-state index in [2.05, 4.69) is 15.3 Å². The smallest absolute Gasteiger partial charge is 0.278 e. The third-order valence-electron chi connectivity index (χ3n) is 4.01. The molecule has 0 saturated carbocycles. The predicted octanol–water partition coefficient (Wildman–Crippen LogP) is 5.29. The average molecular weight is 463 g/mol. The summed E-state index contributed by atoms with van der Waals surface area (Å²) in [5.74, 6) is -0.372. The molecule has 3 N–H and O–H groups in total. The van der Waals surface area contributed by atoms with E-state index in [0.29, 0.717) is 16.4 Å². The number of thioether (sulfide) groups is 1. The lowest BCUT2D eigenvalue weighted by Gasteiger charge is -2.12. The van der Waals surface area contributed by atoms with Crippen LogP contribution in [-0.4, -0.2) is 35.6 Å². The summed E-state index contributed by atoms with van der Waals surface area (Å²) < 4.78 is 10.5. The molecule has 0 aliphatic heterocycles. The van der Waals surface area contributed by atoms with Gasteiger partial charge < -0.3 is 20.1 Å². The van der Waals surface area contributed by atoms with E-state index in [1.165, 1.54) is 6.20 Å². The molecule has 0 radical (unpaired) electrons. The van der Waals surface area contributed by atoms with Crippen LogP contribution in [0.3, 0.4) is 0 Å². The summed E-state index contributed by atoms with van der Waals surface area (Å²) in [5.41, 5.74) is 8.61. The molecule has 0 aliphatic rings. The summed E-state index contributed by atoms with van der Waals surface area (Å²) in [7, 11) is 2.36. The van der Waals surface area contributed by atoms with Gasteiger partial charge in [-0.05, 0) is 36.4 Å². The second-order valence-electron chi connectivity index (χ2n) is 5.95. The summed E-state index contributed by atoms with van der Waals surface area (Å²) >= 11 is 7.54. The van der Waals surface area contributed by atoms with Crippen LogP contribution in [0.4, 0.5) is 11.5 Å². The van der Waals surface area contributed by atoms with Crippen LogP contribution in [0.5, 0.6) is 0 Å². The SMILES string of the molecule is COP(CSc1ccc(NC(=O)c2nc(-c3ccc(Cl)cc3)cnc2N)cc1)OC. The first-order valence-electron chi connectivity index (χ1n) is 8.78. The zero-order chi connectivity index (χ0) is 21.5. The minimum absolute atomic E-state index is 0.0601. The lowest BCUT2D eigenvalue weighted by atomic mass is 10.1. The van der Waals surface area contributed by atoms with Crippen molar-refractivity contribution in [3.8, 4) is 11.3 Å². The van der Waals surface area contributed by atoms with Gasteiger partial charge in [0, 0.05) is 35.4 Å². The summed E-state index contributed by atoms with van der Waals surface area (Å²) in [5, 5.41) is 3.42. The van der Waals surface area contributed by atoms with E-state index in [1.807, 2.05) is 24.3 Å². The lowest BCUT2D eigenvalue weighted by molar-refractivity contribution is 0.102. The molecule has 1 heterocycles. The fraction of sp³-hybridized carbons (Fsp3) is 0.150. The van der Waals surface area contributed by atoms with Crippen LogP contribution in [0, 0.1) is 0 Å². The van der Waals surface area contributed by atoms with Gasteiger partial charge >= 0.3 is 0 Å². The van der Waals surface area contributed by atoms with Crippen LogP contribution in [0.25, 0.3) is 11.3 Å². The largest absolute Gasteiger partial charge is 0.382 e. The maximum absolute atomic E-state index is 12.7. The van der Waals surface area contributed by atoms with Crippen LogP contribution in [0.1, 0.15) is 10.5 Å². The molecule has 0 unspecified atom stereocenters. The number of nitrogen functional groups attached to an aromatic ring is 1. The van der Waals surface area contributed by atoms with Crippen molar-refractivity contribution in [2.24, 2.45) is 0 Å². The van der Waals surface area contributed by atoms with Gasteiger partial charge in [-0.3, -0.25) is 4.79 Å². The Bertz CT molecular complexity index is 1000. The molecule has 0 bridgehead atoms. The Labute approximate surface area is 185 Å². The van der Waals surface area contributed by atoms with E-state index in [-0.39, 0.29) is 11.5 Å². The number of nitrogens with two attached hydrogens (primary N) is 1. The van der Waals surface area contributed by atoms with Crippen LogP contribution < -0.4 is 11.1 Å². The van der Waals surface area contributed by atoms with Crippen molar-refractivity contribution in [1.29, 1.82) is 0 Å². The first kappa shape index (κ1) is 22.5. The van der Waals surface area contributed by atoms with Crippen molar-refractivity contribution in [3.63, 3.8) is 0 Å². The first-order valence-corrected chi connectivity index (χ1v) is 11.5. The number of rotatable bonds is 8. The van der Waals surface area contributed by atoms with Crippen molar-refractivity contribution in [3.05, 3.63) is 65.4 Å². The molecule has 156 valence electrons. The average Bonchev–Trinajstić information content (AvgIpc) is 2.76. The number of hydrogen-bond donors (Lipinski definition) is 2. The highest BCUT2D eigenvalue weighted by Gasteiger charge is 2.15. The van der Waals surface area contributed by atoms with Crippen molar-refractivity contribution in [1.82, 2.24) is 9.97 Å². The van der Waals surface area contributed by atoms with Crippen molar-refractivity contribution in [2.45, 2.75) is 4.90 Å². The van der Waals surface area contributed by atoms with Gasteiger partial charge in [0.05, 0.1) is 17.4 Å². The standard InChI is InChI=1S/C20H20ClN4O3PS/c1-27-29(28-2)12-30-16-9-7-15(8-10-16)24-20(26)18-19(22)23-11-17(25-18)13-3-5-14(21)6-4-13/h3-11H,12H2,1-2H3,(H2,22,23)(H,24,26). The van der Waals surface area contributed by atoms with E-state index >= 15 is 0 Å². The number of carbonyl (C=O) groups is 1. The van der Waals surface area contributed by atoms with Gasteiger partial charge in [0.2, 0.25) is 0 Å². The van der Waals surface area contributed by atoms with Crippen LogP contribution in [-0.2, 0) is 9.05 Å². The Morgan fingerprint density at radius 3 is 2.43 bits per heavy atom. The number of nitrogens with one attached hydrogen (secondary N) is 1. The van der Waals surface area contributed by atoms with Crippen molar-refractivity contribution in [2.75, 3.05) is 30.8 Å². The van der Waals surface area contributed by atoms with E-state index < -0.39 is 14.3 Å². The zero-order valence-corrected chi connectivity index (χ0v) is 18.8. The van der Waals surface area contributed by atoms with Crippen molar-refractivity contribution < 1.29 is 13.8 Å². The Balaban J connectivity index is 1.69. The molecule has 0 spiro atoms. The Morgan fingerprint density at radius 2 is 1.80 bits per heavy atom. The van der Waals surface area contributed by atoms with E-state index in [1.54, 1.807) is 50.2 Å². The molecule has 0 atom stereocenters. The molecule has 3 rings (SSSR count). The van der Waals surface area contributed by atoms with Crippen molar-refractivity contribution >= 4 is 49.2 Å². The molecule has 1 aromatic heterocycles. The fourth-order valence-corrected chi connectivity index (χ4v) is 4.92. The topological polar surface area (TPSA) is 99.4 Å². The summed E-state index contributed by atoms with van der Waals surface area (Å²) in [6, 6.07) is 14.6. The van der Waals surface area contributed by atoms with Gasteiger partial charge in [0.25, 0.3) is 5.91 Å². The Hall–Kier alpha value is -2.22. The Kier molecular flexibility index (Phi) is 8.01. The Morgan fingerprint density at radius 1 is 1.13 bits per heavy atom. The van der Waals surface area contributed by atoms with Gasteiger partial charge in [0.1, 0.15) is 0 Å². The van der Waals surface area contributed by atoms with Gasteiger partial charge in [-0.15, -0.1) is 11.8 Å². The number of aromatic nitrogens is 2. The van der Waals surface area contributed by atoms with Gasteiger partial charge in [-0.2, -0.15) is 0 Å². The number of amides is 1. The van der Waals surface area contributed by atoms with E-state index in [4.69, 9.17) is 26.4 Å². The van der Waals surface area contributed by atoms with Crippen LogP contribution in [0.2, 0.25) is 5.02 Å². The second-order valence-corrected chi connectivity index (χ2v) is 9.57. The number of hydrogen-bond acceptors (Lipinski definition) is 7. The van der Waals surface area contributed by atoms with Crippen LogP contribution in [0.15, 0.2) is 59.6 Å². The van der Waals surface area contributed by atoms with Gasteiger partial charge in [0.15, 0.2) is 19.9 Å². The van der Waals surface area contributed by atoms with Gasteiger partial charge in [-0.25, -0.2) is 9.97 Å². The summed E-state index contributed by atoms with van der Waals surface area (Å²) in [6.07, 6.45) is 1.52. The van der Waals surface area contributed by atoms with E-state index in [9.17, 15) is 4.79 Å². The second kappa shape index (κ2) is 10.7. The number of anilines is 2. The monoisotopic (exact) mass is 462 g/mol. The molecule has 1 amide bonds. The quantitative estimate of drug-likeness (QED) is 0.346. The maximum Gasteiger partial charge on any atom is 0.278 e. The highest BCUT2D eigenvalue weighted by molar-refractivity contribution is 8.04. The third kappa shape index (κ3) is 5.90. The molecule has 0 fully saturated rings. The molecule has 2 aromatic carbocycles. The minimum atomic E-state index is -0.903. The molecule has 0 saturated heterocycles. The maximum atomic E-state index is 12.7. The number of benzene rings is 2. The lowest BCUT2D eigenvalue weighted by Crippen LogP contribution is -2.17. The number of nitrogens with zero attached hydrogens (tertiary/aromatic N) is 2. The fourth-order valence-electron chi connectivity index (χ4n) is 2.46. The molecule has 3 aromatic rings. The summed E-state index contributed by atoms with van der Waals surface area (Å²) in [6.45, 7) is 0. The summed E-state index contributed by atoms with van der Waals surface area (Å²) in [4.78, 5) is 22.2. The minimum Gasteiger partial charge on any atom is -0.382 e. The zero-order valence-electron chi connectivity index (χ0n) is 16.3. The van der Waals surface area contributed by atoms with Gasteiger partial charge in [-0.1, -0.05) is 23.7 Å². The number of halogens is 1.